The van der Waals surface area contributed by atoms with Crippen molar-refractivity contribution in [2.75, 3.05) is 6.54 Å². The molecule has 0 aliphatic carbocycles. The summed E-state index contributed by atoms with van der Waals surface area (Å²) in [5.74, 6) is -1.11. The number of hydrogen-bond acceptors (Lipinski definition) is 2. The minimum atomic E-state index is -1.01. The molecule has 110 valence electrons. The number of benzene rings is 1. The summed E-state index contributed by atoms with van der Waals surface area (Å²) in [4.78, 5) is 25.3. The Morgan fingerprint density at radius 1 is 1.20 bits per heavy atom. The summed E-state index contributed by atoms with van der Waals surface area (Å²) < 4.78 is 0. The van der Waals surface area contributed by atoms with Crippen LogP contribution in [0.4, 0.5) is 0 Å². The van der Waals surface area contributed by atoms with Crippen LogP contribution in [0.3, 0.4) is 0 Å². The van der Waals surface area contributed by atoms with Gasteiger partial charge < -0.3 is 10.0 Å². The zero-order chi connectivity index (χ0) is 15.1. The molecule has 1 aromatic rings. The van der Waals surface area contributed by atoms with Gasteiger partial charge in [0.2, 0.25) is 0 Å². The second kappa shape index (κ2) is 7.68. The maximum atomic E-state index is 12.5. The molecular weight excluding hydrogens is 254 g/mol. The zero-order valence-corrected chi connectivity index (χ0v) is 12.4. The van der Waals surface area contributed by atoms with Gasteiger partial charge in [0.05, 0.1) is 5.56 Å². The average Bonchev–Trinajstić information content (AvgIpc) is 2.42. The third-order valence-corrected chi connectivity index (χ3v) is 3.24. The van der Waals surface area contributed by atoms with Gasteiger partial charge in [0.1, 0.15) is 0 Å². The first-order valence-electron chi connectivity index (χ1n) is 7.11. The molecule has 20 heavy (non-hydrogen) atoms. The van der Waals surface area contributed by atoms with E-state index in [0.717, 1.165) is 19.3 Å². The van der Waals surface area contributed by atoms with Gasteiger partial charge in [-0.3, -0.25) is 4.79 Å². The lowest BCUT2D eigenvalue weighted by Crippen LogP contribution is -2.37. The van der Waals surface area contributed by atoms with Crippen LogP contribution < -0.4 is 0 Å². The van der Waals surface area contributed by atoms with Gasteiger partial charge in [-0.2, -0.15) is 0 Å². The normalized spacial score (nSPS) is 10.6. The molecule has 0 aliphatic rings. The van der Waals surface area contributed by atoms with Crippen molar-refractivity contribution in [3.05, 3.63) is 35.4 Å². The minimum Gasteiger partial charge on any atom is -0.478 e. The Bertz CT molecular complexity index is 469. The van der Waals surface area contributed by atoms with Crippen molar-refractivity contribution in [3.63, 3.8) is 0 Å². The Balaban J connectivity index is 2.88. The molecule has 0 unspecified atom stereocenters. The fourth-order valence-electron chi connectivity index (χ4n) is 2.08. The lowest BCUT2D eigenvalue weighted by atomic mass is 10.1. The summed E-state index contributed by atoms with van der Waals surface area (Å²) in [7, 11) is 0. The molecule has 4 nitrogen and oxygen atoms in total. The topological polar surface area (TPSA) is 57.6 Å². The summed E-state index contributed by atoms with van der Waals surface area (Å²) in [5.41, 5.74) is 0.586. The molecule has 1 amide bonds. The molecule has 0 fully saturated rings. The number of carboxylic acids is 1. The lowest BCUT2D eigenvalue weighted by Gasteiger charge is -2.27. The average molecular weight is 277 g/mol. The minimum absolute atomic E-state index is 0.0980. The quantitative estimate of drug-likeness (QED) is 0.777. The van der Waals surface area contributed by atoms with Crippen molar-refractivity contribution in [3.8, 4) is 0 Å². The third-order valence-electron chi connectivity index (χ3n) is 3.24. The van der Waals surface area contributed by atoms with Crippen molar-refractivity contribution in [2.24, 2.45) is 0 Å². The van der Waals surface area contributed by atoms with Crippen LogP contribution in [-0.4, -0.2) is 34.5 Å². The number of carbonyl (C=O) groups is 2. The number of carbonyl (C=O) groups excluding carboxylic acids is 1. The molecule has 0 radical (unpaired) electrons. The van der Waals surface area contributed by atoms with Crippen LogP contribution >= 0.6 is 0 Å². The van der Waals surface area contributed by atoms with Gasteiger partial charge in [0.25, 0.3) is 5.91 Å². The van der Waals surface area contributed by atoms with Crippen LogP contribution in [0.5, 0.6) is 0 Å². The van der Waals surface area contributed by atoms with Crippen molar-refractivity contribution in [1.82, 2.24) is 4.90 Å². The number of amides is 1. The van der Waals surface area contributed by atoms with Gasteiger partial charge in [-0.25, -0.2) is 4.79 Å². The molecule has 0 aliphatic heterocycles. The summed E-state index contributed by atoms with van der Waals surface area (Å²) in [5, 5.41) is 8.99. The van der Waals surface area contributed by atoms with Gasteiger partial charge in [0, 0.05) is 18.2 Å². The van der Waals surface area contributed by atoms with Crippen molar-refractivity contribution < 1.29 is 14.7 Å². The van der Waals surface area contributed by atoms with Crippen LogP contribution in [0.1, 0.15) is 60.7 Å². The molecule has 0 saturated heterocycles. The first-order valence-corrected chi connectivity index (χ1v) is 7.11. The Morgan fingerprint density at radius 2 is 1.85 bits per heavy atom. The Kier molecular flexibility index (Phi) is 6.22. The second-order valence-electron chi connectivity index (χ2n) is 5.19. The second-order valence-corrected chi connectivity index (χ2v) is 5.19. The van der Waals surface area contributed by atoms with E-state index in [1.165, 1.54) is 12.1 Å². The van der Waals surface area contributed by atoms with E-state index in [0.29, 0.717) is 12.1 Å². The van der Waals surface area contributed by atoms with E-state index in [4.69, 9.17) is 5.11 Å². The smallest absolute Gasteiger partial charge is 0.335 e. The van der Waals surface area contributed by atoms with Crippen molar-refractivity contribution in [2.45, 2.75) is 46.1 Å². The fraction of sp³-hybridized carbons (Fsp3) is 0.500. The van der Waals surface area contributed by atoms with E-state index in [1.807, 2.05) is 13.8 Å². The van der Waals surface area contributed by atoms with Gasteiger partial charge in [-0.1, -0.05) is 25.8 Å². The predicted octanol–water partition coefficient (Wildman–Crippen LogP) is 3.43. The number of unbranched alkanes of at least 4 members (excludes halogenated alkanes) is 2. The highest BCUT2D eigenvalue weighted by Gasteiger charge is 2.19. The lowest BCUT2D eigenvalue weighted by molar-refractivity contribution is 0.0697. The van der Waals surface area contributed by atoms with Gasteiger partial charge in [-0.05, 0) is 38.5 Å². The van der Waals surface area contributed by atoms with Gasteiger partial charge >= 0.3 is 5.97 Å². The maximum Gasteiger partial charge on any atom is 0.335 e. The van der Waals surface area contributed by atoms with Crippen LogP contribution in [0.2, 0.25) is 0 Å². The fourth-order valence-corrected chi connectivity index (χ4v) is 2.08. The Hall–Kier alpha value is -1.84. The molecule has 0 spiro atoms. The van der Waals surface area contributed by atoms with Crippen LogP contribution in [0.25, 0.3) is 0 Å². The standard InChI is InChI=1S/C16H23NO3/c1-4-5-6-10-17(12(2)3)15(18)13-8-7-9-14(11-13)16(19)20/h7-9,11-12H,4-6,10H2,1-3H3,(H,19,20). The predicted molar refractivity (Wildman–Crippen MR) is 79.1 cm³/mol. The highest BCUT2D eigenvalue weighted by molar-refractivity contribution is 5.97. The van der Waals surface area contributed by atoms with Crippen molar-refractivity contribution >= 4 is 11.9 Å². The molecule has 0 aromatic heterocycles. The van der Waals surface area contributed by atoms with E-state index in [-0.39, 0.29) is 17.5 Å². The van der Waals surface area contributed by atoms with Crippen LogP contribution in [0.15, 0.2) is 24.3 Å². The van der Waals surface area contributed by atoms with E-state index in [9.17, 15) is 9.59 Å². The first kappa shape index (κ1) is 16.2. The van der Waals surface area contributed by atoms with E-state index in [1.54, 1.807) is 17.0 Å². The van der Waals surface area contributed by atoms with Crippen LogP contribution in [0, 0.1) is 0 Å². The summed E-state index contributed by atoms with van der Waals surface area (Å²) in [6.45, 7) is 6.79. The Morgan fingerprint density at radius 3 is 2.40 bits per heavy atom. The molecule has 0 bridgehead atoms. The van der Waals surface area contributed by atoms with Gasteiger partial charge in [-0.15, -0.1) is 0 Å². The molecule has 0 heterocycles. The van der Waals surface area contributed by atoms with E-state index in [2.05, 4.69) is 6.92 Å². The number of rotatable bonds is 7. The van der Waals surface area contributed by atoms with Crippen LogP contribution in [-0.2, 0) is 0 Å². The highest BCUT2D eigenvalue weighted by Crippen LogP contribution is 2.12. The largest absolute Gasteiger partial charge is 0.478 e. The van der Waals surface area contributed by atoms with Gasteiger partial charge in [0.15, 0.2) is 0 Å². The van der Waals surface area contributed by atoms with E-state index >= 15 is 0 Å². The summed E-state index contributed by atoms with van der Waals surface area (Å²) >= 11 is 0. The number of aromatic carboxylic acids is 1. The third kappa shape index (κ3) is 4.37. The molecule has 0 saturated carbocycles. The van der Waals surface area contributed by atoms with Crippen molar-refractivity contribution in [1.29, 1.82) is 0 Å². The van der Waals surface area contributed by atoms with E-state index < -0.39 is 5.97 Å². The highest BCUT2D eigenvalue weighted by atomic mass is 16.4. The molecule has 1 aromatic carbocycles. The number of carboxylic acid groups (broad SMARTS) is 1. The molecule has 1 N–H and O–H groups in total. The summed E-state index contributed by atoms with van der Waals surface area (Å²) in [6, 6.07) is 6.33. The summed E-state index contributed by atoms with van der Waals surface area (Å²) in [6.07, 6.45) is 3.17. The SMILES string of the molecule is CCCCCN(C(=O)c1cccc(C(=O)O)c1)C(C)C. The monoisotopic (exact) mass is 277 g/mol. The maximum absolute atomic E-state index is 12.5. The zero-order valence-electron chi connectivity index (χ0n) is 12.4. The number of nitrogens with zero attached hydrogens (tertiary/aromatic N) is 1. The number of hydrogen-bond donors (Lipinski definition) is 1. The first-order chi connectivity index (χ1) is 9.47. The molecular formula is C16H23NO3. The molecule has 4 heteroatoms. The molecule has 0 atom stereocenters. The Labute approximate surface area is 120 Å². The molecule has 1 rings (SSSR count).